The van der Waals surface area contributed by atoms with Crippen LogP contribution in [0.4, 0.5) is 0 Å². The van der Waals surface area contributed by atoms with Crippen LogP contribution in [-0.2, 0) is 6.42 Å². The van der Waals surface area contributed by atoms with Crippen LogP contribution < -0.4 is 0 Å². The first-order valence-corrected chi connectivity index (χ1v) is 7.52. The predicted molar refractivity (Wildman–Crippen MR) is 86.7 cm³/mol. The molecule has 0 saturated carbocycles. The minimum Gasteiger partial charge on any atom is -0.460 e. The fourth-order valence-electron chi connectivity index (χ4n) is 2.30. The van der Waals surface area contributed by atoms with Crippen LogP contribution in [0.3, 0.4) is 0 Å². The second kappa shape index (κ2) is 5.68. The van der Waals surface area contributed by atoms with Crippen molar-refractivity contribution >= 4 is 15.9 Å². The Morgan fingerprint density at radius 2 is 1.60 bits per heavy atom. The monoisotopic (exact) mass is 326 g/mol. The van der Waals surface area contributed by atoms with Crippen LogP contribution in [0.25, 0.3) is 22.5 Å². The lowest BCUT2D eigenvalue weighted by molar-refractivity contribution is 0.530. The molecule has 1 heterocycles. The lowest BCUT2D eigenvalue weighted by Crippen LogP contribution is -1.81. The fraction of sp³-hybridized carbons (Fsp3) is 0.111. The van der Waals surface area contributed by atoms with E-state index in [4.69, 9.17) is 4.42 Å². The van der Waals surface area contributed by atoms with Crippen LogP contribution >= 0.6 is 15.9 Å². The summed E-state index contributed by atoms with van der Waals surface area (Å²) in [5.74, 6) is 1.95. The molecule has 0 amide bonds. The summed E-state index contributed by atoms with van der Waals surface area (Å²) in [5.41, 5.74) is 3.41. The van der Waals surface area contributed by atoms with Crippen molar-refractivity contribution in [3.63, 3.8) is 0 Å². The number of furan rings is 1. The molecule has 0 unspecified atom stereocenters. The topological polar surface area (TPSA) is 13.1 Å². The first-order valence-electron chi connectivity index (χ1n) is 6.72. The Morgan fingerprint density at radius 3 is 2.30 bits per heavy atom. The van der Waals surface area contributed by atoms with Gasteiger partial charge < -0.3 is 4.42 Å². The normalized spacial score (nSPS) is 10.7. The van der Waals surface area contributed by atoms with Crippen molar-refractivity contribution in [2.24, 2.45) is 0 Å². The maximum atomic E-state index is 6.04. The van der Waals surface area contributed by atoms with E-state index in [0.29, 0.717) is 0 Å². The zero-order valence-electron chi connectivity index (χ0n) is 11.3. The molecular weight excluding hydrogens is 312 g/mol. The first kappa shape index (κ1) is 13.2. The molecule has 3 aromatic rings. The summed E-state index contributed by atoms with van der Waals surface area (Å²) in [6.45, 7) is 2.11. The summed E-state index contributed by atoms with van der Waals surface area (Å²) < 4.78 is 7.12. The van der Waals surface area contributed by atoms with E-state index < -0.39 is 0 Å². The van der Waals surface area contributed by atoms with Crippen LogP contribution in [0, 0.1) is 0 Å². The number of hydrogen-bond acceptors (Lipinski definition) is 1. The zero-order valence-corrected chi connectivity index (χ0v) is 12.9. The Morgan fingerprint density at radius 1 is 0.900 bits per heavy atom. The molecule has 0 radical (unpaired) electrons. The third-order valence-corrected chi connectivity index (χ3v) is 4.02. The molecule has 2 aromatic carbocycles. The highest BCUT2D eigenvalue weighted by molar-refractivity contribution is 9.10. The van der Waals surface area contributed by atoms with Gasteiger partial charge in [-0.2, -0.15) is 0 Å². The Kier molecular flexibility index (Phi) is 3.75. The molecule has 2 heteroatoms. The molecule has 0 aliphatic rings. The van der Waals surface area contributed by atoms with Crippen LogP contribution in [0.2, 0.25) is 0 Å². The van der Waals surface area contributed by atoms with E-state index >= 15 is 0 Å². The van der Waals surface area contributed by atoms with E-state index in [9.17, 15) is 0 Å². The van der Waals surface area contributed by atoms with E-state index in [1.54, 1.807) is 0 Å². The second-order valence-electron chi connectivity index (χ2n) is 4.65. The summed E-state index contributed by atoms with van der Waals surface area (Å²) in [6.07, 6.45) is 0.893. The van der Waals surface area contributed by atoms with E-state index in [2.05, 4.69) is 53.2 Å². The highest BCUT2D eigenvalue weighted by Crippen LogP contribution is 2.38. The second-order valence-corrected chi connectivity index (χ2v) is 5.51. The van der Waals surface area contributed by atoms with Gasteiger partial charge >= 0.3 is 0 Å². The van der Waals surface area contributed by atoms with Gasteiger partial charge in [-0.1, -0.05) is 71.4 Å². The average molecular weight is 327 g/mol. The highest BCUT2D eigenvalue weighted by Gasteiger charge is 2.15. The minimum absolute atomic E-state index is 0.893. The van der Waals surface area contributed by atoms with Gasteiger partial charge in [0.25, 0.3) is 0 Å². The summed E-state index contributed by atoms with van der Waals surface area (Å²) in [6, 6.07) is 20.6. The number of rotatable bonds is 3. The lowest BCUT2D eigenvalue weighted by atomic mass is 10.0. The van der Waals surface area contributed by atoms with Gasteiger partial charge in [0.2, 0.25) is 0 Å². The molecule has 0 bridgehead atoms. The van der Waals surface area contributed by atoms with Gasteiger partial charge in [0.05, 0.1) is 0 Å². The quantitative estimate of drug-likeness (QED) is 0.580. The molecule has 0 saturated heterocycles. The third kappa shape index (κ3) is 2.44. The van der Waals surface area contributed by atoms with Crippen molar-refractivity contribution in [1.82, 2.24) is 0 Å². The molecule has 0 atom stereocenters. The predicted octanol–water partition coefficient (Wildman–Crippen LogP) is 5.94. The summed E-state index contributed by atoms with van der Waals surface area (Å²) >= 11 is 3.63. The van der Waals surface area contributed by atoms with Gasteiger partial charge in [-0.3, -0.25) is 0 Å². The van der Waals surface area contributed by atoms with Crippen molar-refractivity contribution in [3.05, 3.63) is 70.9 Å². The molecule has 0 aliphatic carbocycles. The van der Waals surface area contributed by atoms with Gasteiger partial charge in [0.15, 0.2) is 0 Å². The van der Waals surface area contributed by atoms with Crippen molar-refractivity contribution in [2.75, 3.05) is 0 Å². The van der Waals surface area contributed by atoms with Gasteiger partial charge in [-0.05, 0) is 17.7 Å². The molecular formula is C18H15BrO. The van der Waals surface area contributed by atoms with Gasteiger partial charge in [0, 0.05) is 22.0 Å². The molecule has 0 N–H and O–H groups in total. The summed E-state index contributed by atoms with van der Waals surface area (Å²) in [5, 5.41) is 0. The summed E-state index contributed by atoms with van der Waals surface area (Å²) in [4.78, 5) is 0. The van der Waals surface area contributed by atoms with Gasteiger partial charge in [-0.25, -0.2) is 0 Å². The van der Waals surface area contributed by atoms with Crippen molar-refractivity contribution in [2.45, 2.75) is 13.3 Å². The van der Waals surface area contributed by atoms with E-state index in [0.717, 1.165) is 39.1 Å². The molecule has 1 aromatic heterocycles. The number of benzene rings is 2. The Bertz CT molecular complexity index is 713. The van der Waals surface area contributed by atoms with E-state index in [-0.39, 0.29) is 0 Å². The highest BCUT2D eigenvalue weighted by atomic mass is 79.9. The number of hydrogen-bond donors (Lipinski definition) is 0. The molecule has 1 nitrogen and oxygen atoms in total. The fourth-order valence-corrected chi connectivity index (χ4v) is 2.80. The molecule has 100 valence electrons. The SMILES string of the molecule is CCc1cc(-c2ccccc2Br)c(-c2ccccc2)o1. The Labute approximate surface area is 127 Å². The number of halogens is 1. The molecule has 20 heavy (non-hydrogen) atoms. The van der Waals surface area contributed by atoms with Crippen LogP contribution in [0.15, 0.2) is 69.6 Å². The molecule has 0 aliphatic heterocycles. The molecule has 3 rings (SSSR count). The van der Waals surface area contributed by atoms with E-state index in [1.807, 2.05) is 30.3 Å². The molecule has 0 fully saturated rings. The maximum Gasteiger partial charge on any atom is 0.142 e. The average Bonchev–Trinajstić information content (AvgIpc) is 2.93. The first-order chi connectivity index (χ1) is 9.79. The summed E-state index contributed by atoms with van der Waals surface area (Å²) in [7, 11) is 0. The maximum absolute atomic E-state index is 6.04. The third-order valence-electron chi connectivity index (χ3n) is 3.33. The van der Waals surface area contributed by atoms with Crippen LogP contribution in [0.1, 0.15) is 12.7 Å². The van der Waals surface area contributed by atoms with Gasteiger partial charge in [0.1, 0.15) is 11.5 Å². The van der Waals surface area contributed by atoms with Crippen LogP contribution in [0.5, 0.6) is 0 Å². The smallest absolute Gasteiger partial charge is 0.142 e. The van der Waals surface area contributed by atoms with E-state index in [1.165, 1.54) is 0 Å². The standard InChI is InChI=1S/C18H15BrO/c1-2-14-12-16(15-10-6-7-11-17(15)19)18(20-14)13-8-4-3-5-9-13/h3-12H,2H2,1H3. The van der Waals surface area contributed by atoms with Crippen molar-refractivity contribution in [1.29, 1.82) is 0 Å². The minimum atomic E-state index is 0.893. The van der Waals surface area contributed by atoms with Gasteiger partial charge in [-0.15, -0.1) is 0 Å². The Balaban J connectivity index is 2.21. The number of aryl methyl sites for hydroxylation is 1. The lowest BCUT2D eigenvalue weighted by Gasteiger charge is -2.05. The van der Waals surface area contributed by atoms with Crippen LogP contribution in [-0.4, -0.2) is 0 Å². The Hall–Kier alpha value is -1.80. The largest absolute Gasteiger partial charge is 0.460 e. The van der Waals surface area contributed by atoms with Crippen molar-refractivity contribution in [3.8, 4) is 22.5 Å². The zero-order chi connectivity index (χ0) is 13.9. The molecule has 0 spiro atoms. The van der Waals surface area contributed by atoms with Crippen molar-refractivity contribution < 1.29 is 4.42 Å².